The fourth-order valence-corrected chi connectivity index (χ4v) is 7.95. The zero-order chi connectivity index (χ0) is 55.7. The normalized spacial score (nSPS) is 13.2. The molecule has 0 fully saturated rings. The van der Waals surface area contributed by atoms with Crippen LogP contribution in [0.2, 0.25) is 0 Å². The van der Waals surface area contributed by atoms with Gasteiger partial charge in [0.05, 0.1) is 0 Å². The number of unbranched alkanes of at least 4 members (excludes halogenated alkanes) is 17. The number of rotatable bonds is 54. The predicted molar refractivity (Wildman–Crippen MR) is 334 cm³/mol. The molecule has 0 bridgehead atoms. The SMILES string of the molecule is CC/C=C\C/C=C\C/C=C\C/C=C\C/C=C\C/C=C\C/C=C\C/C=C\C/C=C\C/C=C\CCCCCCC(=O)OCC(COC(=O)CCCCCCCCC)OC(=O)CCCCCCCCC/C=C\C/C=C\C/C=C\CC. The summed E-state index contributed by atoms with van der Waals surface area (Å²) in [5.41, 5.74) is 0. The fraction of sp³-hybridized carbons (Fsp3) is 0.592. The number of hydrogen-bond acceptors (Lipinski definition) is 6. The van der Waals surface area contributed by atoms with E-state index in [9.17, 15) is 14.4 Å². The van der Waals surface area contributed by atoms with E-state index in [4.69, 9.17) is 14.2 Å². The van der Waals surface area contributed by atoms with Crippen LogP contribution in [0.5, 0.6) is 0 Å². The zero-order valence-corrected chi connectivity index (χ0v) is 49.4. The first kappa shape index (κ1) is 72.0. The molecule has 432 valence electrons. The van der Waals surface area contributed by atoms with E-state index < -0.39 is 6.10 Å². The molecule has 0 aliphatic carbocycles. The largest absolute Gasteiger partial charge is 0.462 e. The van der Waals surface area contributed by atoms with Crippen molar-refractivity contribution in [2.24, 2.45) is 0 Å². The summed E-state index contributed by atoms with van der Waals surface area (Å²) in [4.78, 5) is 38.0. The molecule has 6 heteroatoms. The number of carbonyl (C=O) groups is 3. The van der Waals surface area contributed by atoms with Crippen molar-refractivity contribution in [3.05, 3.63) is 158 Å². The maximum atomic E-state index is 12.8. The molecule has 0 saturated heterocycles. The van der Waals surface area contributed by atoms with Gasteiger partial charge in [0.2, 0.25) is 0 Å². The number of carbonyl (C=O) groups excluding carboxylic acids is 3. The summed E-state index contributed by atoms with van der Waals surface area (Å²) in [6.45, 7) is 6.33. The molecular weight excluding hydrogens is 949 g/mol. The lowest BCUT2D eigenvalue weighted by Gasteiger charge is -2.18. The molecule has 0 aromatic carbocycles. The van der Waals surface area contributed by atoms with Crippen LogP contribution in [-0.2, 0) is 28.6 Å². The van der Waals surface area contributed by atoms with Gasteiger partial charge < -0.3 is 14.2 Å². The topological polar surface area (TPSA) is 78.9 Å². The Kier molecular flexibility index (Phi) is 59.5. The van der Waals surface area contributed by atoms with Crippen LogP contribution in [0.25, 0.3) is 0 Å². The Balaban J connectivity index is 4.22. The van der Waals surface area contributed by atoms with E-state index in [2.05, 4.69) is 179 Å². The first-order valence-corrected chi connectivity index (χ1v) is 31.0. The van der Waals surface area contributed by atoms with Gasteiger partial charge in [0.15, 0.2) is 6.10 Å². The number of ether oxygens (including phenoxy) is 3. The van der Waals surface area contributed by atoms with E-state index in [1.807, 2.05) is 0 Å². The Morgan fingerprint density at radius 1 is 0.273 bits per heavy atom. The highest BCUT2D eigenvalue weighted by Crippen LogP contribution is 2.14. The van der Waals surface area contributed by atoms with Crippen LogP contribution < -0.4 is 0 Å². The van der Waals surface area contributed by atoms with E-state index in [1.165, 1.54) is 51.4 Å². The molecule has 1 unspecified atom stereocenters. The summed E-state index contributed by atoms with van der Waals surface area (Å²) in [5, 5.41) is 0. The minimum atomic E-state index is -0.798. The summed E-state index contributed by atoms with van der Waals surface area (Å²) in [6, 6.07) is 0. The lowest BCUT2D eigenvalue weighted by molar-refractivity contribution is -0.167. The van der Waals surface area contributed by atoms with Gasteiger partial charge in [-0.05, 0) is 128 Å². The number of hydrogen-bond donors (Lipinski definition) is 0. The molecular formula is C71H112O6. The highest BCUT2D eigenvalue weighted by atomic mass is 16.6. The minimum Gasteiger partial charge on any atom is -0.462 e. The van der Waals surface area contributed by atoms with Gasteiger partial charge in [0.25, 0.3) is 0 Å². The second-order valence-electron chi connectivity index (χ2n) is 19.9. The molecule has 6 nitrogen and oxygen atoms in total. The zero-order valence-electron chi connectivity index (χ0n) is 49.4. The summed E-state index contributed by atoms with van der Waals surface area (Å²) < 4.78 is 16.8. The standard InChI is InChI=1S/C71H112O6/c1-4-7-10-13-16-18-20-22-24-26-27-28-29-30-31-32-33-34-35-36-37-38-39-40-41-42-43-45-46-48-50-52-55-58-61-64-70(73)76-67-68(66-75-69(72)63-60-57-54-15-12-9-6-3)77-71(74)65-62-59-56-53-51-49-47-44-25-23-21-19-17-14-11-8-5-2/h7-8,10-11,16-19,22-25,27-28,30-31,33-34,36-37,39-40,42-43,46,48,68H,4-6,9,12-15,20-21,26,29,32,35,38,41,44-45,47,49-67H2,1-3H3/b10-7-,11-8-,18-16-,19-17-,24-22-,25-23-,28-27-,31-30-,34-33-,37-36-,40-39-,43-42-,48-46-. The van der Waals surface area contributed by atoms with Crippen molar-refractivity contribution in [2.45, 2.75) is 258 Å². The van der Waals surface area contributed by atoms with Gasteiger partial charge in [0.1, 0.15) is 13.2 Å². The van der Waals surface area contributed by atoms with Crippen LogP contribution >= 0.6 is 0 Å². The van der Waals surface area contributed by atoms with Crippen LogP contribution in [0.1, 0.15) is 252 Å². The Morgan fingerprint density at radius 3 is 0.792 bits per heavy atom. The first-order valence-electron chi connectivity index (χ1n) is 31.0. The molecule has 0 spiro atoms. The van der Waals surface area contributed by atoms with E-state index in [0.29, 0.717) is 19.3 Å². The molecule has 0 heterocycles. The smallest absolute Gasteiger partial charge is 0.306 e. The summed E-state index contributed by atoms with van der Waals surface area (Å²) in [5.74, 6) is -0.944. The van der Waals surface area contributed by atoms with Gasteiger partial charge in [-0.2, -0.15) is 0 Å². The molecule has 0 aromatic heterocycles. The van der Waals surface area contributed by atoms with Crippen LogP contribution in [-0.4, -0.2) is 37.2 Å². The van der Waals surface area contributed by atoms with Crippen LogP contribution in [0, 0.1) is 0 Å². The third-order valence-corrected chi connectivity index (χ3v) is 12.5. The van der Waals surface area contributed by atoms with Gasteiger partial charge in [-0.1, -0.05) is 262 Å². The fourth-order valence-electron chi connectivity index (χ4n) is 7.95. The average Bonchev–Trinajstić information content (AvgIpc) is 3.43. The summed E-state index contributed by atoms with van der Waals surface area (Å²) in [7, 11) is 0. The Bertz CT molecular complexity index is 1740. The third-order valence-electron chi connectivity index (χ3n) is 12.5. The maximum Gasteiger partial charge on any atom is 0.306 e. The number of allylic oxidation sites excluding steroid dienone is 26. The summed E-state index contributed by atoms with van der Waals surface area (Å²) in [6.07, 6.45) is 92.7. The number of esters is 3. The predicted octanol–water partition coefficient (Wildman–Crippen LogP) is 21.3. The van der Waals surface area contributed by atoms with Gasteiger partial charge in [-0.15, -0.1) is 0 Å². The van der Waals surface area contributed by atoms with Gasteiger partial charge in [-0.3, -0.25) is 14.4 Å². The highest BCUT2D eigenvalue weighted by Gasteiger charge is 2.19. The third kappa shape index (κ3) is 61.8. The first-order chi connectivity index (χ1) is 38.0. The van der Waals surface area contributed by atoms with Crippen molar-refractivity contribution < 1.29 is 28.6 Å². The van der Waals surface area contributed by atoms with Gasteiger partial charge in [0, 0.05) is 19.3 Å². The minimum absolute atomic E-state index is 0.0949. The van der Waals surface area contributed by atoms with E-state index in [-0.39, 0.29) is 31.1 Å². The van der Waals surface area contributed by atoms with E-state index in [0.717, 1.165) is 161 Å². The van der Waals surface area contributed by atoms with Crippen LogP contribution in [0.3, 0.4) is 0 Å². The van der Waals surface area contributed by atoms with Crippen LogP contribution in [0.15, 0.2) is 158 Å². The Labute approximate surface area is 473 Å². The van der Waals surface area contributed by atoms with Gasteiger partial charge >= 0.3 is 17.9 Å². The second-order valence-corrected chi connectivity index (χ2v) is 19.9. The van der Waals surface area contributed by atoms with Crippen molar-refractivity contribution >= 4 is 17.9 Å². The lowest BCUT2D eigenvalue weighted by atomic mass is 10.1. The van der Waals surface area contributed by atoms with Crippen molar-refractivity contribution in [1.82, 2.24) is 0 Å². The molecule has 0 amide bonds. The molecule has 0 aromatic rings. The molecule has 1 atom stereocenters. The monoisotopic (exact) mass is 1060 g/mol. The second kappa shape index (κ2) is 63.6. The van der Waals surface area contributed by atoms with Crippen molar-refractivity contribution in [3.8, 4) is 0 Å². The molecule has 0 N–H and O–H groups in total. The average molecular weight is 1060 g/mol. The molecule has 0 radical (unpaired) electrons. The molecule has 0 saturated carbocycles. The highest BCUT2D eigenvalue weighted by molar-refractivity contribution is 5.71. The Hall–Kier alpha value is -4.97. The lowest BCUT2D eigenvalue weighted by Crippen LogP contribution is -2.30. The van der Waals surface area contributed by atoms with Crippen molar-refractivity contribution in [1.29, 1.82) is 0 Å². The molecule has 0 aliphatic heterocycles. The Morgan fingerprint density at radius 2 is 0.506 bits per heavy atom. The van der Waals surface area contributed by atoms with Crippen LogP contribution in [0.4, 0.5) is 0 Å². The van der Waals surface area contributed by atoms with E-state index in [1.54, 1.807) is 0 Å². The molecule has 0 rings (SSSR count). The molecule has 77 heavy (non-hydrogen) atoms. The quantitative estimate of drug-likeness (QED) is 0.0261. The van der Waals surface area contributed by atoms with Gasteiger partial charge in [-0.25, -0.2) is 0 Å². The van der Waals surface area contributed by atoms with E-state index >= 15 is 0 Å². The summed E-state index contributed by atoms with van der Waals surface area (Å²) >= 11 is 0. The maximum absolute atomic E-state index is 12.8. The van der Waals surface area contributed by atoms with Crippen molar-refractivity contribution in [3.63, 3.8) is 0 Å². The van der Waals surface area contributed by atoms with Crippen molar-refractivity contribution in [2.75, 3.05) is 13.2 Å². The molecule has 0 aliphatic rings.